The minimum absolute atomic E-state index is 0.178. The summed E-state index contributed by atoms with van der Waals surface area (Å²) in [6, 6.07) is 10.9. The van der Waals surface area contributed by atoms with Crippen molar-refractivity contribution in [1.82, 2.24) is 10.6 Å². The molecule has 0 spiro atoms. The van der Waals surface area contributed by atoms with E-state index in [0.717, 1.165) is 38.8 Å². The number of hydrogen-bond donors (Lipinski definition) is 2. The van der Waals surface area contributed by atoms with Gasteiger partial charge < -0.3 is 10.6 Å². The van der Waals surface area contributed by atoms with Crippen LogP contribution in [0.15, 0.2) is 30.3 Å². The lowest BCUT2D eigenvalue weighted by Gasteiger charge is -2.35. The molecule has 0 aromatic heterocycles. The lowest BCUT2D eigenvalue weighted by Crippen LogP contribution is -2.50. The maximum Gasteiger partial charge on any atom is 0.227 e. The molecule has 3 atom stereocenters. The van der Waals surface area contributed by atoms with Crippen molar-refractivity contribution in [2.75, 3.05) is 13.1 Å². The van der Waals surface area contributed by atoms with E-state index in [1.54, 1.807) is 0 Å². The smallest absolute Gasteiger partial charge is 0.227 e. The summed E-state index contributed by atoms with van der Waals surface area (Å²) in [5.41, 5.74) is 1.17. The zero-order valence-corrected chi connectivity index (χ0v) is 12.2. The van der Waals surface area contributed by atoms with Gasteiger partial charge in [0.25, 0.3) is 0 Å². The topological polar surface area (TPSA) is 41.1 Å². The quantitative estimate of drug-likeness (QED) is 0.884. The van der Waals surface area contributed by atoms with Gasteiger partial charge in [0.15, 0.2) is 0 Å². The van der Waals surface area contributed by atoms with Gasteiger partial charge >= 0.3 is 0 Å². The van der Waals surface area contributed by atoms with Crippen LogP contribution in [0.3, 0.4) is 0 Å². The van der Waals surface area contributed by atoms with Gasteiger partial charge in [-0.3, -0.25) is 4.79 Å². The van der Waals surface area contributed by atoms with Crippen molar-refractivity contribution in [1.29, 1.82) is 0 Å². The Hall–Kier alpha value is -1.35. The Labute approximate surface area is 121 Å². The second-order valence-electron chi connectivity index (χ2n) is 6.25. The van der Waals surface area contributed by atoms with Crippen molar-refractivity contribution in [3.05, 3.63) is 35.9 Å². The Bertz CT molecular complexity index is 465. The van der Waals surface area contributed by atoms with Crippen molar-refractivity contribution >= 4 is 5.91 Å². The second-order valence-corrected chi connectivity index (χ2v) is 6.25. The van der Waals surface area contributed by atoms with Crippen LogP contribution in [0, 0.1) is 5.41 Å². The summed E-state index contributed by atoms with van der Waals surface area (Å²) in [6.07, 6.45) is 4.14. The number of amides is 1. The van der Waals surface area contributed by atoms with Crippen molar-refractivity contribution in [3.63, 3.8) is 0 Å². The van der Waals surface area contributed by atoms with Crippen LogP contribution < -0.4 is 10.6 Å². The third kappa shape index (κ3) is 2.59. The van der Waals surface area contributed by atoms with E-state index in [2.05, 4.69) is 41.8 Å². The molecule has 2 N–H and O–H groups in total. The van der Waals surface area contributed by atoms with Crippen LogP contribution in [0.2, 0.25) is 0 Å². The summed E-state index contributed by atoms with van der Waals surface area (Å²) in [7, 11) is 0. The maximum absolute atomic E-state index is 12.6. The van der Waals surface area contributed by atoms with Crippen LogP contribution in [0.4, 0.5) is 0 Å². The average Bonchev–Trinajstić information content (AvgIpc) is 3.28. The van der Waals surface area contributed by atoms with Gasteiger partial charge in [-0.1, -0.05) is 37.3 Å². The molecule has 1 aliphatic carbocycles. The normalized spacial score (nSPS) is 32.6. The number of rotatable bonds is 4. The van der Waals surface area contributed by atoms with Gasteiger partial charge in [0.1, 0.15) is 0 Å². The molecule has 20 heavy (non-hydrogen) atoms. The summed E-state index contributed by atoms with van der Waals surface area (Å²) >= 11 is 0. The van der Waals surface area contributed by atoms with Gasteiger partial charge in [-0.15, -0.1) is 0 Å². The Balaban J connectivity index is 1.60. The molecule has 1 aliphatic heterocycles. The molecule has 3 heteroatoms. The number of carbonyl (C=O) groups excluding carboxylic acids is 1. The van der Waals surface area contributed by atoms with Crippen molar-refractivity contribution < 1.29 is 4.79 Å². The molecule has 1 saturated heterocycles. The lowest BCUT2D eigenvalue weighted by molar-refractivity contribution is -0.132. The van der Waals surface area contributed by atoms with E-state index in [1.165, 1.54) is 5.56 Å². The Kier molecular flexibility index (Phi) is 3.79. The highest BCUT2D eigenvalue weighted by atomic mass is 16.2. The molecule has 0 bridgehead atoms. The van der Waals surface area contributed by atoms with E-state index in [-0.39, 0.29) is 11.3 Å². The van der Waals surface area contributed by atoms with Crippen LogP contribution in [0.25, 0.3) is 0 Å². The van der Waals surface area contributed by atoms with Gasteiger partial charge in [0.2, 0.25) is 5.91 Å². The Morgan fingerprint density at radius 2 is 2.20 bits per heavy atom. The van der Waals surface area contributed by atoms with Gasteiger partial charge in [-0.25, -0.2) is 0 Å². The molecule has 3 nitrogen and oxygen atoms in total. The molecule has 3 unspecified atom stereocenters. The van der Waals surface area contributed by atoms with Gasteiger partial charge in [-0.2, -0.15) is 0 Å². The molecule has 1 aromatic carbocycles. The first-order chi connectivity index (χ1) is 9.75. The Morgan fingerprint density at radius 1 is 1.40 bits per heavy atom. The predicted molar refractivity (Wildman–Crippen MR) is 80.6 cm³/mol. The largest absolute Gasteiger partial charge is 0.352 e. The van der Waals surface area contributed by atoms with E-state index in [0.29, 0.717) is 12.0 Å². The van der Waals surface area contributed by atoms with E-state index >= 15 is 0 Å². The van der Waals surface area contributed by atoms with E-state index < -0.39 is 0 Å². The first kappa shape index (κ1) is 13.6. The molecular formula is C17H24N2O. The van der Waals surface area contributed by atoms with Crippen LogP contribution in [-0.4, -0.2) is 25.0 Å². The highest BCUT2D eigenvalue weighted by Crippen LogP contribution is 2.42. The summed E-state index contributed by atoms with van der Waals surface area (Å²) in [6.45, 7) is 4.01. The van der Waals surface area contributed by atoms with Gasteiger partial charge in [0.05, 0.1) is 5.41 Å². The third-order valence-corrected chi connectivity index (χ3v) is 4.97. The number of hydrogen-bond acceptors (Lipinski definition) is 2. The minimum Gasteiger partial charge on any atom is -0.352 e. The highest BCUT2D eigenvalue weighted by Gasteiger charge is 2.44. The molecule has 0 radical (unpaired) electrons. The van der Waals surface area contributed by atoms with E-state index in [4.69, 9.17) is 0 Å². The molecule has 1 amide bonds. The van der Waals surface area contributed by atoms with Crippen molar-refractivity contribution in [2.24, 2.45) is 5.41 Å². The molecule has 1 heterocycles. The van der Waals surface area contributed by atoms with Crippen molar-refractivity contribution in [3.8, 4) is 0 Å². The highest BCUT2D eigenvalue weighted by molar-refractivity contribution is 5.83. The molecular weight excluding hydrogens is 248 g/mol. The van der Waals surface area contributed by atoms with E-state index in [1.807, 2.05) is 6.07 Å². The first-order valence-electron chi connectivity index (χ1n) is 7.82. The SMILES string of the molecule is CCC1(C(=O)NC2CC2c2ccccc2)CCCNC1. The number of nitrogens with one attached hydrogen (secondary N) is 2. The van der Waals surface area contributed by atoms with Gasteiger partial charge in [0, 0.05) is 18.5 Å². The standard InChI is InChI=1S/C17H24N2O/c1-2-17(9-6-10-18-12-17)16(20)19-15-11-14(15)13-7-4-3-5-8-13/h3-5,7-8,14-15,18H,2,6,9-12H2,1H3,(H,19,20). The number of benzene rings is 1. The molecule has 108 valence electrons. The fourth-order valence-corrected chi connectivity index (χ4v) is 3.37. The Morgan fingerprint density at radius 3 is 2.85 bits per heavy atom. The van der Waals surface area contributed by atoms with E-state index in [9.17, 15) is 4.79 Å². The van der Waals surface area contributed by atoms with Gasteiger partial charge in [-0.05, 0) is 37.8 Å². The fraction of sp³-hybridized carbons (Fsp3) is 0.588. The van der Waals surface area contributed by atoms with Crippen LogP contribution in [0.1, 0.15) is 44.1 Å². The first-order valence-corrected chi connectivity index (χ1v) is 7.82. The average molecular weight is 272 g/mol. The van der Waals surface area contributed by atoms with Crippen LogP contribution >= 0.6 is 0 Å². The fourth-order valence-electron chi connectivity index (χ4n) is 3.37. The number of carbonyl (C=O) groups is 1. The zero-order chi connectivity index (χ0) is 14.0. The molecule has 2 aliphatic rings. The summed E-state index contributed by atoms with van der Waals surface area (Å²) < 4.78 is 0. The molecule has 2 fully saturated rings. The van der Waals surface area contributed by atoms with Crippen molar-refractivity contribution in [2.45, 2.75) is 44.6 Å². The summed E-state index contributed by atoms with van der Waals surface area (Å²) in [4.78, 5) is 12.6. The molecule has 1 aromatic rings. The second kappa shape index (κ2) is 5.57. The molecule has 1 saturated carbocycles. The van der Waals surface area contributed by atoms with Crippen LogP contribution in [-0.2, 0) is 4.79 Å². The predicted octanol–water partition coefficient (Wildman–Crippen LogP) is 2.44. The molecule has 3 rings (SSSR count). The maximum atomic E-state index is 12.6. The summed E-state index contributed by atoms with van der Waals surface area (Å²) in [5.74, 6) is 0.779. The summed E-state index contributed by atoms with van der Waals surface area (Å²) in [5, 5.41) is 6.67. The van der Waals surface area contributed by atoms with Crippen LogP contribution in [0.5, 0.6) is 0 Å². The zero-order valence-electron chi connectivity index (χ0n) is 12.2. The minimum atomic E-state index is -0.178. The number of piperidine rings is 1. The third-order valence-electron chi connectivity index (χ3n) is 4.97. The lowest BCUT2D eigenvalue weighted by atomic mass is 9.77. The monoisotopic (exact) mass is 272 g/mol.